The van der Waals surface area contributed by atoms with Crippen molar-refractivity contribution in [1.82, 2.24) is 0 Å². The van der Waals surface area contributed by atoms with Crippen molar-refractivity contribution in [1.29, 1.82) is 0 Å². The van der Waals surface area contributed by atoms with Gasteiger partial charge < -0.3 is 0 Å². The van der Waals surface area contributed by atoms with Crippen LogP contribution in [0.4, 0.5) is 0 Å². The Morgan fingerprint density at radius 3 is 0.955 bits per heavy atom. The Morgan fingerprint density at radius 2 is 0.727 bits per heavy atom. The zero-order chi connectivity index (χ0) is 14.5. The quantitative estimate of drug-likeness (QED) is 0.550. The third-order valence-electron chi connectivity index (χ3n) is 9.36. The predicted molar refractivity (Wildman–Crippen MR) is 90.4 cm³/mol. The molecule has 120 valence electrons. The average Bonchev–Trinajstić information content (AvgIpc) is 2.43. The van der Waals surface area contributed by atoms with Crippen molar-refractivity contribution >= 4 is 0 Å². The Morgan fingerprint density at radius 1 is 0.500 bits per heavy atom. The second kappa shape index (κ2) is 4.04. The maximum atomic E-state index is 4.93. The van der Waals surface area contributed by atoms with E-state index in [0.29, 0.717) is 10.8 Å². The van der Waals surface area contributed by atoms with Gasteiger partial charge in [0.25, 0.3) is 0 Å². The maximum Gasteiger partial charge on any atom is -0.00773 e. The average molecular weight is 296 g/mol. The lowest BCUT2D eigenvalue weighted by atomic mass is 9.40. The van der Waals surface area contributed by atoms with E-state index in [1.54, 1.807) is 77.0 Å². The van der Waals surface area contributed by atoms with Gasteiger partial charge in [0.05, 0.1) is 0 Å². The Kier molecular flexibility index (Phi) is 2.40. The van der Waals surface area contributed by atoms with Crippen LogP contribution in [0.2, 0.25) is 0 Å². The molecule has 0 N–H and O–H groups in total. The molecule has 0 amide bonds. The van der Waals surface area contributed by atoms with Gasteiger partial charge in [-0.1, -0.05) is 12.2 Å². The van der Waals surface area contributed by atoms with Crippen molar-refractivity contribution in [3.63, 3.8) is 0 Å². The van der Waals surface area contributed by atoms with Gasteiger partial charge in [0.2, 0.25) is 0 Å². The number of hydrogen-bond donors (Lipinski definition) is 0. The summed E-state index contributed by atoms with van der Waals surface area (Å²) in [6.07, 6.45) is 18.7. The first kappa shape index (κ1) is 13.1. The van der Waals surface area contributed by atoms with Crippen LogP contribution < -0.4 is 0 Å². The molecule has 0 heterocycles. The molecule has 0 aromatic rings. The largest absolute Gasteiger partial charge is 0.0987 e. The summed E-state index contributed by atoms with van der Waals surface area (Å²) in [7, 11) is 0. The monoisotopic (exact) mass is 296 g/mol. The minimum absolute atomic E-state index is 0.612. The first-order valence-electron chi connectivity index (χ1n) is 10.3. The molecule has 8 aliphatic carbocycles. The van der Waals surface area contributed by atoms with Crippen molar-refractivity contribution < 1.29 is 0 Å². The van der Waals surface area contributed by atoms with Crippen molar-refractivity contribution in [2.75, 3.05) is 0 Å². The lowest BCUT2D eigenvalue weighted by Gasteiger charge is -2.64. The second-order valence-electron chi connectivity index (χ2n) is 10.9. The number of allylic oxidation sites excluding steroid dienone is 1. The van der Waals surface area contributed by atoms with E-state index in [-0.39, 0.29) is 0 Å². The summed E-state index contributed by atoms with van der Waals surface area (Å²) in [5, 5.41) is 0. The summed E-state index contributed by atoms with van der Waals surface area (Å²) in [6, 6.07) is 0. The highest BCUT2D eigenvalue weighted by molar-refractivity contribution is 5.28. The standard InChI is InChI=1S/C22H32/c1-14(21-8-15-2-16(9-21)4-17(3-15)10-21)22-11-18-5-19(12-22)7-20(6-18)13-22/h15-20H,1-13H2. The predicted octanol–water partition coefficient (Wildman–Crippen LogP) is 5.98. The van der Waals surface area contributed by atoms with Gasteiger partial charge in [0.1, 0.15) is 0 Å². The van der Waals surface area contributed by atoms with Crippen LogP contribution in [-0.4, -0.2) is 0 Å². The molecule has 0 unspecified atom stereocenters. The SMILES string of the molecule is C=C(C12CC3CC(CC(C3)C1)C2)C12CC3CC(CC(C3)C1)C2. The molecule has 8 rings (SSSR count). The van der Waals surface area contributed by atoms with Gasteiger partial charge in [-0.25, -0.2) is 0 Å². The molecule has 0 aromatic carbocycles. The Balaban J connectivity index is 1.37. The van der Waals surface area contributed by atoms with Crippen molar-refractivity contribution in [3.8, 4) is 0 Å². The van der Waals surface area contributed by atoms with E-state index in [1.807, 2.05) is 5.57 Å². The highest BCUT2D eigenvalue weighted by atomic mass is 14.6. The molecule has 0 aliphatic heterocycles. The van der Waals surface area contributed by atoms with E-state index in [4.69, 9.17) is 6.58 Å². The summed E-state index contributed by atoms with van der Waals surface area (Å²) in [5.74, 6) is 6.48. The molecule has 8 bridgehead atoms. The van der Waals surface area contributed by atoms with E-state index >= 15 is 0 Å². The van der Waals surface area contributed by atoms with E-state index in [9.17, 15) is 0 Å². The molecular weight excluding hydrogens is 264 g/mol. The van der Waals surface area contributed by atoms with E-state index in [1.165, 1.54) is 0 Å². The highest BCUT2D eigenvalue weighted by Crippen LogP contribution is 2.70. The fraction of sp³-hybridized carbons (Fsp3) is 0.909. The topological polar surface area (TPSA) is 0 Å². The van der Waals surface area contributed by atoms with E-state index in [2.05, 4.69) is 0 Å². The van der Waals surface area contributed by atoms with Crippen LogP contribution >= 0.6 is 0 Å². The highest BCUT2D eigenvalue weighted by Gasteiger charge is 2.59. The summed E-state index contributed by atoms with van der Waals surface area (Å²) in [4.78, 5) is 0. The third-order valence-corrected chi connectivity index (χ3v) is 9.36. The summed E-state index contributed by atoms with van der Waals surface area (Å²) in [5.41, 5.74) is 3.04. The lowest BCUT2D eigenvalue weighted by molar-refractivity contribution is -0.0796. The van der Waals surface area contributed by atoms with E-state index in [0.717, 1.165) is 35.5 Å². The lowest BCUT2D eigenvalue weighted by Crippen LogP contribution is -2.54. The van der Waals surface area contributed by atoms with E-state index < -0.39 is 0 Å². The van der Waals surface area contributed by atoms with Crippen molar-refractivity contribution in [3.05, 3.63) is 12.2 Å². The van der Waals surface area contributed by atoms with Gasteiger partial charge in [-0.15, -0.1) is 0 Å². The van der Waals surface area contributed by atoms with Gasteiger partial charge in [-0.2, -0.15) is 0 Å². The van der Waals surface area contributed by atoms with Crippen LogP contribution in [0, 0.1) is 46.3 Å². The molecule has 0 heteroatoms. The normalized spacial score (nSPS) is 60.9. The summed E-state index contributed by atoms with van der Waals surface area (Å²) >= 11 is 0. The van der Waals surface area contributed by atoms with Gasteiger partial charge in [0, 0.05) is 0 Å². The molecule has 8 aliphatic rings. The molecule has 0 spiro atoms. The molecule has 0 radical (unpaired) electrons. The zero-order valence-electron chi connectivity index (χ0n) is 14.2. The molecule has 0 aromatic heterocycles. The van der Waals surface area contributed by atoms with Crippen LogP contribution in [0.1, 0.15) is 77.0 Å². The minimum Gasteiger partial charge on any atom is -0.0987 e. The smallest absolute Gasteiger partial charge is 0.00773 e. The first-order valence-corrected chi connectivity index (χ1v) is 10.3. The van der Waals surface area contributed by atoms with Crippen molar-refractivity contribution in [2.45, 2.75) is 77.0 Å². The molecular formula is C22H32. The Labute approximate surface area is 136 Å². The van der Waals surface area contributed by atoms with Gasteiger partial charge in [0.15, 0.2) is 0 Å². The molecule has 8 saturated carbocycles. The van der Waals surface area contributed by atoms with Crippen LogP contribution in [0.3, 0.4) is 0 Å². The van der Waals surface area contributed by atoms with Crippen LogP contribution in [-0.2, 0) is 0 Å². The Hall–Kier alpha value is -0.260. The molecule has 0 atom stereocenters. The fourth-order valence-electron chi connectivity index (χ4n) is 9.52. The maximum absolute atomic E-state index is 4.93. The van der Waals surface area contributed by atoms with Gasteiger partial charge in [-0.3, -0.25) is 0 Å². The first-order chi connectivity index (χ1) is 10.6. The number of hydrogen-bond acceptors (Lipinski definition) is 0. The molecule has 0 saturated heterocycles. The van der Waals surface area contributed by atoms with Gasteiger partial charge in [-0.05, 0) is 123 Å². The fourth-order valence-corrected chi connectivity index (χ4v) is 9.52. The summed E-state index contributed by atoms with van der Waals surface area (Å²) < 4.78 is 0. The third kappa shape index (κ3) is 1.60. The van der Waals surface area contributed by atoms with Crippen LogP contribution in [0.25, 0.3) is 0 Å². The zero-order valence-corrected chi connectivity index (χ0v) is 14.2. The minimum atomic E-state index is 0.612. The van der Waals surface area contributed by atoms with Crippen LogP contribution in [0.15, 0.2) is 12.2 Å². The molecule has 22 heavy (non-hydrogen) atoms. The Bertz CT molecular complexity index is 408. The van der Waals surface area contributed by atoms with Crippen molar-refractivity contribution in [2.24, 2.45) is 46.3 Å². The van der Waals surface area contributed by atoms with Crippen LogP contribution in [0.5, 0.6) is 0 Å². The van der Waals surface area contributed by atoms with Gasteiger partial charge >= 0.3 is 0 Å². The molecule has 8 fully saturated rings. The summed E-state index contributed by atoms with van der Waals surface area (Å²) in [6.45, 7) is 4.93. The number of rotatable bonds is 2. The second-order valence-corrected chi connectivity index (χ2v) is 10.9. The molecule has 0 nitrogen and oxygen atoms in total.